The molecule has 2 heterocycles. The van der Waals surface area contributed by atoms with Gasteiger partial charge in [0.1, 0.15) is 29.9 Å². The lowest BCUT2D eigenvalue weighted by Crippen LogP contribution is -1.97. The summed E-state index contributed by atoms with van der Waals surface area (Å²) in [5.74, 6) is 1.20. The molecule has 0 aliphatic heterocycles. The fourth-order valence-corrected chi connectivity index (χ4v) is 4.52. The number of H-pyrrole nitrogens is 1. The first-order valence-corrected chi connectivity index (χ1v) is 12.7. The highest BCUT2D eigenvalue weighted by Gasteiger charge is 2.15. The first kappa shape index (κ1) is 24.2. The molecular formula is C32H22ClN5O. The van der Waals surface area contributed by atoms with E-state index in [4.69, 9.17) is 21.4 Å². The molecule has 1 N–H and O–H groups in total. The Morgan fingerprint density at radius 2 is 1.74 bits per heavy atom. The average molecular weight is 528 g/mol. The lowest BCUT2D eigenvalue weighted by molar-refractivity contribution is 0.306. The summed E-state index contributed by atoms with van der Waals surface area (Å²) in [6.07, 6.45) is 3.73. The van der Waals surface area contributed by atoms with Gasteiger partial charge in [0.2, 0.25) is 0 Å². The van der Waals surface area contributed by atoms with E-state index in [-0.39, 0.29) is 0 Å². The molecule has 4 aromatic carbocycles. The molecular weight excluding hydrogens is 506 g/mol. The van der Waals surface area contributed by atoms with Crippen molar-refractivity contribution in [2.75, 3.05) is 0 Å². The third-order valence-electron chi connectivity index (χ3n) is 6.29. The molecule has 0 saturated heterocycles. The van der Waals surface area contributed by atoms with Crippen LogP contribution in [0, 0.1) is 11.3 Å². The van der Waals surface area contributed by atoms with Gasteiger partial charge in [-0.2, -0.15) is 10.4 Å². The number of allylic oxidation sites excluding steroid dienone is 1. The Morgan fingerprint density at radius 3 is 2.56 bits per heavy atom. The number of ether oxygens (including phenoxy) is 1. The van der Waals surface area contributed by atoms with E-state index in [1.54, 1.807) is 0 Å². The lowest BCUT2D eigenvalue weighted by Gasteiger charge is -2.09. The molecule has 188 valence electrons. The van der Waals surface area contributed by atoms with Crippen molar-refractivity contribution >= 4 is 34.3 Å². The van der Waals surface area contributed by atoms with Crippen molar-refractivity contribution in [1.82, 2.24) is 19.7 Å². The average Bonchev–Trinajstić information content (AvgIpc) is 3.61. The first-order chi connectivity index (χ1) is 19.2. The maximum atomic E-state index is 10.1. The molecule has 0 atom stereocenters. The summed E-state index contributed by atoms with van der Waals surface area (Å²) in [6, 6.07) is 35.2. The van der Waals surface area contributed by atoms with Crippen molar-refractivity contribution in [2.24, 2.45) is 0 Å². The van der Waals surface area contributed by atoms with Gasteiger partial charge in [0.25, 0.3) is 0 Å². The summed E-state index contributed by atoms with van der Waals surface area (Å²) < 4.78 is 7.88. The highest BCUT2D eigenvalue weighted by Crippen LogP contribution is 2.30. The number of nitriles is 1. The monoisotopic (exact) mass is 527 g/mol. The van der Waals surface area contributed by atoms with Gasteiger partial charge in [0.05, 0.1) is 22.3 Å². The van der Waals surface area contributed by atoms with Crippen molar-refractivity contribution in [3.63, 3.8) is 0 Å². The topological polar surface area (TPSA) is 79.5 Å². The molecule has 0 amide bonds. The van der Waals surface area contributed by atoms with Crippen molar-refractivity contribution in [3.05, 3.63) is 131 Å². The zero-order chi connectivity index (χ0) is 26.6. The zero-order valence-electron chi connectivity index (χ0n) is 20.8. The molecule has 0 saturated carbocycles. The van der Waals surface area contributed by atoms with Gasteiger partial charge >= 0.3 is 0 Å². The van der Waals surface area contributed by atoms with Crippen LogP contribution in [0.4, 0.5) is 0 Å². The molecule has 6 nitrogen and oxygen atoms in total. The van der Waals surface area contributed by atoms with Crippen molar-refractivity contribution in [3.8, 4) is 28.8 Å². The van der Waals surface area contributed by atoms with Crippen molar-refractivity contribution < 1.29 is 4.74 Å². The van der Waals surface area contributed by atoms with E-state index in [2.05, 4.69) is 16.0 Å². The Labute approximate surface area is 230 Å². The molecule has 0 aliphatic carbocycles. The number of aromatic amines is 1. The van der Waals surface area contributed by atoms with Crippen LogP contribution in [0.2, 0.25) is 5.02 Å². The number of fused-ring (bicyclic) bond motifs is 1. The highest BCUT2D eigenvalue weighted by atomic mass is 35.5. The summed E-state index contributed by atoms with van der Waals surface area (Å²) >= 11 is 6.30. The molecule has 0 fully saturated rings. The summed E-state index contributed by atoms with van der Waals surface area (Å²) in [5, 5.41) is 15.6. The van der Waals surface area contributed by atoms with Crippen LogP contribution in [0.15, 0.2) is 109 Å². The minimum Gasteiger partial charge on any atom is -0.489 e. The van der Waals surface area contributed by atoms with E-state index < -0.39 is 0 Å². The highest BCUT2D eigenvalue weighted by molar-refractivity contribution is 6.31. The maximum Gasteiger partial charge on any atom is 0.149 e. The zero-order valence-corrected chi connectivity index (χ0v) is 21.5. The molecule has 7 heteroatoms. The number of imidazole rings is 1. The van der Waals surface area contributed by atoms with Crippen LogP contribution in [0.25, 0.3) is 39.6 Å². The van der Waals surface area contributed by atoms with Gasteiger partial charge in [-0.1, -0.05) is 72.3 Å². The summed E-state index contributed by atoms with van der Waals surface area (Å²) in [7, 11) is 0. The minimum atomic E-state index is 0.346. The Morgan fingerprint density at radius 1 is 0.949 bits per heavy atom. The molecule has 0 aliphatic rings. The Kier molecular flexibility index (Phi) is 6.65. The van der Waals surface area contributed by atoms with Crippen molar-refractivity contribution in [2.45, 2.75) is 6.61 Å². The third-order valence-corrected chi connectivity index (χ3v) is 6.66. The van der Waals surface area contributed by atoms with E-state index in [9.17, 15) is 5.26 Å². The van der Waals surface area contributed by atoms with Gasteiger partial charge < -0.3 is 9.72 Å². The molecule has 39 heavy (non-hydrogen) atoms. The molecule has 6 aromatic rings. The summed E-state index contributed by atoms with van der Waals surface area (Å²) in [4.78, 5) is 7.87. The smallest absolute Gasteiger partial charge is 0.149 e. The van der Waals surface area contributed by atoms with Crippen LogP contribution in [-0.4, -0.2) is 19.7 Å². The Hall–Kier alpha value is -5.12. The normalized spacial score (nSPS) is 11.4. The Balaban J connectivity index is 1.40. The number of aromatic nitrogens is 4. The molecule has 0 radical (unpaired) electrons. The van der Waals surface area contributed by atoms with Crippen LogP contribution in [-0.2, 0) is 6.61 Å². The van der Waals surface area contributed by atoms with E-state index in [1.165, 1.54) is 0 Å². The van der Waals surface area contributed by atoms with Gasteiger partial charge in [0, 0.05) is 27.9 Å². The van der Waals surface area contributed by atoms with Gasteiger partial charge in [-0.15, -0.1) is 0 Å². The van der Waals surface area contributed by atoms with E-state index in [0.717, 1.165) is 33.4 Å². The molecule has 2 aromatic heterocycles. The molecule has 0 spiro atoms. The number of hydrogen-bond donors (Lipinski definition) is 1. The predicted molar refractivity (Wildman–Crippen MR) is 154 cm³/mol. The maximum absolute atomic E-state index is 10.1. The fraction of sp³-hybridized carbons (Fsp3) is 0.0312. The molecule has 6 rings (SSSR count). The van der Waals surface area contributed by atoms with Gasteiger partial charge in [0.15, 0.2) is 0 Å². The predicted octanol–water partition coefficient (Wildman–Crippen LogP) is 7.71. The lowest BCUT2D eigenvalue weighted by atomic mass is 10.1. The van der Waals surface area contributed by atoms with Crippen LogP contribution < -0.4 is 4.74 Å². The van der Waals surface area contributed by atoms with Crippen LogP contribution in [0.3, 0.4) is 0 Å². The van der Waals surface area contributed by atoms with Gasteiger partial charge in [-0.25, -0.2) is 9.67 Å². The fourth-order valence-electron chi connectivity index (χ4n) is 4.33. The first-order valence-electron chi connectivity index (χ1n) is 12.4. The largest absolute Gasteiger partial charge is 0.489 e. The third kappa shape index (κ3) is 5.17. The quantitative estimate of drug-likeness (QED) is 0.216. The molecule has 0 bridgehead atoms. The number of halogens is 1. The standard InChI is InChI=1S/C32H22ClN5O/c33-28-14-5-4-9-23(28)21-39-27-13-8-10-22(18-27)31-25(20-38(37-31)26-11-2-1-3-12-26)17-24(19-34)32-35-29-15-6-7-16-30(29)36-32/h1-18,20H,21H2,(H,35,36). The second-order valence-corrected chi connectivity index (χ2v) is 9.30. The summed E-state index contributed by atoms with van der Waals surface area (Å²) in [6.45, 7) is 0.346. The van der Waals surface area contributed by atoms with Crippen LogP contribution in [0.5, 0.6) is 5.75 Å². The number of benzene rings is 4. The van der Waals surface area contributed by atoms with E-state index in [1.807, 2.05) is 120 Å². The van der Waals surface area contributed by atoms with Crippen LogP contribution >= 0.6 is 11.6 Å². The minimum absolute atomic E-state index is 0.346. The number of rotatable bonds is 7. The second kappa shape index (κ2) is 10.7. The van der Waals surface area contributed by atoms with Gasteiger partial charge in [-0.3, -0.25) is 0 Å². The Bertz CT molecular complexity index is 1810. The number of nitrogens with zero attached hydrogens (tertiary/aromatic N) is 4. The summed E-state index contributed by atoms with van der Waals surface area (Å²) in [5.41, 5.74) is 6.25. The second-order valence-electron chi connectivity index (χ2n) is 8.89. The van der Waals surface area contributed by atoms with E-state index in [0.29, 0.717) is 34.5 Å². The van der Waals surface area contributed by atoms with Gasteiger partial charge in [-0.05, 0) is 48.5 Å². The number of para-hydroxylation sites is 3. The SMILES string of the molecule is N#CC(=Cc1cn(-c2ccccc2)nc1-c1cccc(OCc2ccccc2Cl)c1)c1nc2ccccc2[nH]1. The molecule has 0 unspecified atom stereocenters. The number of hydrogen-bond acceptors (Lipinski definition) is 4. The van der Waals surface area contributed by atoms with E-state index >= 15 is 0 Å². The van der Waals surface area contributed by atoms with Crippen LogP contribution in [0.1, 0.15) is 17.0 Å². The number of nitrogens with one attached hydrogen (secondary N) is 1. The van der Waals surface area contributed by atoms with Crippen molar-refractivity contribution in [1.29, 1.82) is 5.26 Å².